The first-order valence-corrected chi connectivity index (χ1v) is 26.3. The zero-order chi connectivity index (χ0) is 50.8. The maximum atomic E-state index is 15.8. The number of amides is 3. The van der Waals surface area contributed by atoms with Crippen molar-refractivity contribution in [3.8, 4) is 28.6 Å². The van der Waals surface area contributed by atoms with Gasteiger partial charge in [-0.1, -0.05) is 48.5 Å². The van der Waals surface area contributed by atoms with Gasteiger partial charge in [-0.2, -0.15) is 9.10 Å². The van der Waals surface area contributed by atoms with Crippen LogP contribution in [-0.4, -0.2) is 121 Å². The van der Waals surface area contributed by atoms with Crippen molar-refractivity contribution in [3.63, 3.8) is 0 Å². The second-order valence-electron chi connectivity index (χ2n) is 17.8. The maximum Gasteiger partial charge on any atom is 0.410 e. The average molecular weight is 1120 g/mol. The Morgan fingerprint density at radius 3 is 1.79 bits per heavy atom. The first-order chi connectivity index (χ1) is 33.8. The molecule has 1 fully saturated rings. The molecule has 1 saturated heterocycles. The topological polar surface area (TPSA) is 222 Å². The molecule has 0 radical (unpaired) electrons. The standard InChI is InChI=1S/C49H51IN8O11S2/c1-49(2,3)69-48(61)56-29-34(25-35(56)30-57-46(59)39-9-7-8-10-40(39)47(57)60)53-70(62,63)42-24-23-41(50)43(45-51-54-58(52-45)28-33-15-21-38(68-6)22-16-33)44(42)71(64,65)55(26-31-11-17-36(66-4)18-12-31)27-32-13-19-37(67-5)20-14-32/h7-24,34-35,53H,25-30H2,1-6H3/t34-,35+/m1/s1. The smallest absolute Gasteiger partial charge is 0.410 e. The molecule has 1 N–H and O–H groups in total. The van der Waals surface area contributed by atoms with Gasteiger partial charge >= 0.3 is 6.09 Å². The van der Waals surface area contributed by atoms with Crippen LogP contribution in [0.1, 0.15) is 64.6 Å². The molecule has 19 nitrogen and oxygen atoms in total. The lowest BCUT2D eigenvalue weighted by molar-refractivity contribution is 0.0189. The molecule has 2 atom stereocenters. The molecule has 2 aliphatic heterocycles. The van der Waals surface area contributed by atoms with Crippen LogP contribution in [0, 0.1) is 3.57 Å². The van der Waals surface area contributed by atoms with E-state index in [0.29, 0.717) is 31.9 Å². The van der Waals surface area contributed by atoms with Crippen molar-refractivity contribution in [1.82, 2.24) is 39.0 Å². The minimum atomic E-state index is -4.89. The first-order valence-electron chi connectivity index (χ1n) is 22.3. The lowest BCUT2D eigenvalue weighted by Crippen LogP contribution is -2.46. The van der Waals surface area contributed by atoms with E-state index >= 15 is 16.8 Å². The van der Waals surface area contributed by atoms with E-state index in [1.807, 2.05) is 34.7 Å². The molecule has 6 aromatic rings. The number of imide groups is 1. The Balaban J connectivity index is 1.21. The molecule has 5 aromatic carbocycles. The fraction of sp³-hybridized carbons (Fsp3) is 0.306. The van der Waals surface area contributed by atoms with Crippen LogP contribution in [0.5, 0.6) is 17.2 Å². The van der Waals surface area contributed by atoms with Crippen molar-refractivity contribution in [2.75, 3.05) is 34.4 Å². The van der Waals surface area contributed by atoms with Crippen LogP contribution >= 0.6 is 22.6 Å². The molecule has 0 bridgehead atoms. The second kappa shape index (κ2) is 20.7. The van der Waals surface area contributed by atoms with Crippen LogP contribution in [0.4, 0.5) is 4.79 Å². The van der Waals surface area contributed by atoms with Gasteiger partial charge in [0.25, 0.3) is 11.8 Å². The largest absolute Gasteiger partial charge is 0.497 e. The number of rotatable bonds is 17. The minimum Gasteiger partial charge on any atom is -0.497 e. The van der Waals surface area contributed by atoms with Gasteiger partial charge < -0.3 is 23.8 Å². The van der Waals surface area contributed by atoms with Gasteiger partial charge in [0.15, 0.2) is 0 Å². The zero-order valence-corrected chi connectivity index (χ0v) is 43.4. The Hall–Kier alpha value is -6.47. The van der Waals surface area contributed by atoms with E-state index < -0.39 is 65.4 Å². The number of halogens is 1. The number of sulfonamides is 2. The molecule has 8 rings (SSSR count). The number of benzene rings is 5. The third-order valence-electron chi connectivity index (χ3n) is 11.8. The van der Waals surface area contributed by atoms with E-state index in [1.54, 1.807) is 113 Å². The molecular weight excluding hydrogens is 1070 g/mol. The number of aromatic nitrogens is 4. The highest BCUT2D eigenvalue weighted by Crippen LogP contribution is 2.39. The fourth-order valence-corrected chi connectivity index (χ4v) is 12.9. The molecule has 2 aliphatic rings. The van der Waals surface area contributed by atoms with Crippen molar-refractivity contribution < 1.29 is 50.2 Å². The number of carbonyl (C=O) groups is 3. The van der Waals surface area contributed by atoms with Crippen LogP contribution in [0.2, 0.25) is 0 Å². The third-order valence-corrected chi connectivity index (χ3v) is 16.3. The summed E-state index contributed by atoms with van der Waals surface area (Å²) >= 11 is 1.93. The summed E-state index contributed by atoms with van der Waals surface area (Å²) in [4.78, 5) is 43.2. The molecule has 3 heterocycles. The number of hydrogen-bond donors (Lipinski definition) is 1. The number of fused-ring (bicyclic) bond motifs is 1. The molecule has 1 aromatic heterocycles. The van der Waals surface area contributed by atoms with E-state index in [4.69, 9.17) is 18.9 Å². The quantitative estimate of drug-likeness (QED) is 0.0776. The number of carbonyl (C=O) groups excluding carboxylic acids is 3. The Morgan fingerprint density at radius 1 is 0.761 bits per heavy atom. The van der Waals surface area contributed by atoms with Crippen LogP contribution in [-0.2, 0) is 44.4 Å². The molecule has 22 heteroatoms. The highest BCUT2D eigenvalue weighted by molar-refractivity contribution is 14.1. The SMILES string of the molecule is COc1ccc(CN(Cc2ccc(OC)cc2)S(=O)(=O)c2c(S(=O)(=O)N[C@@H]3C[C@@H](CN4C(=O)c5ccccc5C4=O)N(C(=O)OC(C)(C)C)C3)ccc(I)c2-c2nnn(Cc3ccc(OC)cc3)n2)cc1. The fourth-order valence-electron chi connectivity index (χ4n) is 8.36. The second-order valence-corrected chi connectivity index (χ2v) is 22.5. The summed E-state index contributed by atoms with van der Waals surface area (Å²) in [7, 11) is -5.18. The summed E-state index contributed by atoms with van der Waals surface area (Å²) in [6.07, 6.45) is -0.870. The molecule has 0 saturated carbocycles. The van der Waals surface area contributed by atoms with Crippen molar-refractivity contribution in [1.29, 1.82) is 0 Å². The van der Waals surface area contributed by atoms with E-state index in [2.05, 4.69) is 20.1 Å². The van der Waals surface area contributed by atoms with Gasteiger partial charge in [0.2, 0.25) is 25.9 Å². The first kappa shape index (κ1) is 50.9. The molecular formula is C49H51IN8O11S2. The summed E-state index contributed by atoms with van der Waals surface area (Å²) in [6, 6.07) is 27.9. The van der Waals surface area contributed by atoms with Gasteiger partial charge in [-0.25, -0.2) is 26.4 Å². The third kappa shape index (κ3) is 11.2. The van der Waals surface area contributed by atoms with Crippen LogP contribution in [0.3, 0.4) is 0 Å². The van der Waals surface area contributed by atoms with E-state index in [1.165, 1.54) is 40.4 Å². The summed E-state index contributed by atoms with van der Waals surface area (Å²) in [5.41, 5.74) is 1.27. The molecule has 71 heavy (non-hydrogen) atoms. The predicted molar refractivity (Wildman–Crippen MR) is 268 cm³/mol. The Kier molecular flexibility index (Phi) is 14.8. The molecule has 372 valence electrons. The number of nitrogens with zero attached hydrogens (tertiary/aromatic N) is 7. The highest BCUT2D eigenvalue weighted by Gasteiger charge is 2.45. The molecule has 0 aliphatic carbocycles. The summed E-state index contributed by atoms with van der Waals surface area (Å²) in [5, 5.41) is 13.2. The molecule has 0 unspecified atom stereocenters. The van der Waals surface area contributed by atoms with Gasteiger partial charge in [-0.05, 0) is 132 Å². The van der Waals surface area contributed by atoms with Crippen molar-refractivity contribution in [2.45, 2.75) is 74.3 Å². The summed E-state index contributed by atoms with van der Waals surface area (Å²) < 4.78 is 87.9. The van der Waals surface area contributed by atoms with Crippen LogP contribution in [0.25, 0.3) is 11.4 Å². The maximum absolute atomic E-state index is 15.8. The summed E-state index contributed by atoms with van der Waals surface area (Å²) in [6.45, 7) is 4.24. The molecule has 3 amide bonds. The van der Waals surface area contributed by atoms with Gasteiger partial charge in [-0.15, -0.1) is 10.2 Å². The number of methoxy groups -OCH3 is 3. The lowest BCUT2D eigenvalue weighted by Gasteiger charge is -2.30. The Bertz CT molecular complexity index is 3100. The Labute approximate surface area is 425 Å². The van der Waals surface area contributed by atoms with E-state index in [9.17, 15) is 14.4 Å². The minimum absolute atomic E-state index is 0.0759. The van der Waals surface area contributed by atoms with Crippen molar-refractivity contribution in [3.05, 3.63) is 141 Å². The van der Waals surface area contributed by atoms with Gasteiger partial charge in [0.1, 0.15) is 32.6 Å². The van der Waals surface area contributed by atoms with Crippen LogP contribution < -0.4 is 18.9 Å². The number of likely N-dealkylation sites (tertiary alicyclic amines) is 1. The Morgan fingerprint density at radius 2 is 1.28 bits per heavy atom. The normalized spacial score (nSPS) is 16.1. The van der Waals surface area contributed by atoms with Crippen LogP contribution in [0.15, 0.2) is 119 Å². The number of nitrogens with one attached hydrogen (secondary N) is 1. The molecule has 0 spiro atoms. The zero-order valence-electron chi connectivity index (χ0n) is 39.6. The van der Waals surface area contributed by atoms with Crippen molar-refractivity contribution in [2.24, 2.45) is 0 Å². The van der Waals surface area contributed by atoms with E-state index in [-0.39, 0.29) is 61.7 Å². The summed E-state index contributed by atoms with van der Waals surface area (Å²) in [5.74, 6) is 0.464. The predicted octanol–water partition coefficient (Wildman–Crippen LogP) is 6.36. The van der Waals surface area contributed by atoms with Gasteiger partial charge in [-0.3, -0.25) is 14.5 Å². The lowest BCUT2D eigenvalue weighted by atomic mass is 10.1. The van der Waals surface area contributed by atoms with Crippen molar-refractivity contribution >= 4 is 60.5 Å². The number of ether oxygens (including phenoxy) is 4. The average Bonchev–Trinajstić information content (AvgIpc) is 4.04. The number of hydrogen-bond acceptors (Lipinski definition) is 14. The highest BCUT2D eigenvalue weighted by atomic mass is 127. The monoisotopic (exact) mass is 1120 g/mol. The van der Waals surface area contributed by atoms with Gasteiger partial charge in [0, 0.05) is 35.8 Å². The number of tetrazole rings is 1. The van der Waals surface area contributed by atoms with Gasteiger partial charge in [0.05, 0.1) is 50.6 Å². The van der Waals surface area contributed by atoms with E-state index in [0.717, 1.165) is 10.5 Å².